The van der Waals surface area contributed by atoms with E-state index in [9.17, 15) is 13.2 Å². The smallest absolute Gasteiger partial charge is 0.384 e. The van der Waals surface area contributed by atoms with E-state index < -0.39 is 11.7 Å². The van der Waals surface area contributed by atoms with E-state index in [1.54, 1.807) is 0 Å². The Morgan fingerprint density at radius 2 is 2.17 bits per heavy atom. The minimum Gasteiger partial charge on any atom is -0.384 e. The topological polar surface area (TPSA) is 24.1 Å². The molecule has 1 atom stereocenters. The highest BCUT2D eigenvalue weighted by molar-refractivity contribution is 5.29. The second-order valence-electron chi connectivity index (χ2n) is 4.89. The molecule has 2 aliphatic rings. The van der Waals surface area contributed by atoms with Gasteiger partial charge in [0.05, 0.1) is 0 Å². The highest BCUT2D eigenvalue weighted by Crippen LogP contribution is 2.32. The molecule has 1 aliphatic carbocycles. The summed E-state index contributed by atoms with van der Waals surface area (Å²) >= 11 is 0. The van der Waals surface area contributed by atoms with Crippen molar-refractivity contribution in [3.8, 4) is 0 Å². The summed E-state index contributed by atoms with van der Waals surface area (Å²) in [5.74, 6) is 0. The third-order valence-corrected chi connectivity index (χ3v) is 3.44. The van der Waals surface area contributed by atoms with Crippen LogP contribution in [0, 0.1) is 0 Å². The van der Waals surface area contributed by atoms with E-state index in [2.05, 4.69) is 10.6 Å². The van der Waals surface area contributed by atoms with Crippen molar-refractivity contribution in [3.05, 3.63) is 23.4 Å². The van der Waals surface area contributed by atoms with Crippen LogP contribution in [0.1, 0.15) is 32.1 Å². The zero-order chi connectivity index (χ0) is 13.0. The first-order valence-corrected chi connectivity index (χ1v) is 6.51. The maximum atomic E-state index is 12.6. The molecule has 1 saturated heterocycles. The Morgan fingerprint density at radius 1 is 1.33 bits per heavy atom. The lowest BCUT2D eigenvalue weighted by atomic mass is 10.0. The van der Waals surface area contributed by atoms with E-state index in [0.717, 1.165) is 13.0 Å². The molecule has 18 heavy (non-hydrogen) atoms. The zero-order valence-electron chi connectivity index (χ0n) is 10.3. The Balaban J connectivity index is 1.85. The fourth-order valence-corrected chi connectivity index (χ4v) is 2.39. The first kappa shape index (κ1) is 13.5. The van der Waals surface area contributed by atoms with E-state index in [1.165, 1.54) is 18.9 Å². The van der Waals surface area contributed by atoms with Crippen LogP contribution in [-0.4, -0.2) is 25.3 Å². The lowest BCUT2D eigenvalue weighted by Gasteiger charge is -2.25. The largest absolute Gasteiger partial charge is 0.412 e. The van der Waals surface area contributed by atoms with Crippen molar-refractivity contribution in [2.24, 2.45) is 0 Å². The summed E-state index contributed by atoms with van der Waals surface area (Å²) in [5.41, 5.74) is 0.185. The normalized spacial score (nSPS) is 25.4. The van der Waals surface area contributed by atoms with Crippen LogP contribution in [0.15, 0.2) is 23.4 Å². The molecular formula is C13H19F3N2. The summed E-state index contributed by atoms with van der Waals surface area (Å²) in [5, 5.41) is 6.48. The Labute approximate surface area is 105 Å². The van der Waals surface area contributed by atoms with Crippen LogP contribution in [0.3, 0.4) is 0 Å². The van der Waals surface area contributed by atoms with Crippen LogP contribution < -0.4 is 10.6 Å². The second kappa shape index (κ2) is 5.78. The lowest BCUT2D eigenvalue weighted by molar-refractivity contribution is -0.0941. The molecule has 1 heterocycles. The first-order valence-electron chi connectivity index (χ1n) is 6.51. The molecule has 0 saturated carbocycles. The molecule has 0 radical (unpaired) electrons. The molecule has 2 nitrogen and oxygen atoms in total. The number of hydrogen-bond acceptors (Lipinski definition) is 2. The van der Waals surface area contributed by atoms with E-state index in [0.29, 0.717) is 24.7 Å². The molecule has 0 aromatic carbocycles. The van der Waals surface area contributed by atoms with Gasteiger partial charge in [-0.2, -0.15) is 13.2 Å². The Kier molecular flexibility index (Phi) is 4.32. The van der Waals surface area contributed by atoms with E-state index in [-0.39, 0.29) is 6.42 Å². The molecule has 1 unspecified atom stereocenters. The summed E-state index contributed by atoms with van der Waals surface area (Å²) in [6, 6.07) is 0.379. The average Bonchev–Trinajstić information content (AvgIpc) is 2.37. The molecule has 5 heteroatoms. The molecule has 0 amide bonds. The van der Waals surface area contributed by atoms with Gasteiger partial charge in [-0.1, -0.05) is 12.5 Å². The number of rotatable bonds is 3. The summed E-state index contributed by atoms with van der Waals surface area (Å²) in [6.07, 6.45) is 2.94. The average molecular weight is 260 g/mol. The van der Waals surface area contributed by atoms with Crippen LogP contribution in [0.2, 0.25) is 0 Å². The minimum atomic E-state index is -4.19. The maximum Gasteiger partial charge on any atom is 0.412 e. The molecule has 1 fully saturated rings. The third kappa shape index (κ3) is 3.77. The van der Waals surface area contributed by atoms with Crippen LogP contribution in [-0.2, 0) is 0 Å². The fraction of sp³-hybridized carbons (Fsp3) is 0.692. The molecule has 0 bridgehead atoms. The van der Waals surface area contributed by atoms with Crippen LogP contribution in [0.5, 0.6) is 0 Å². The number of halogens is 3. The molecule has 2 N–H and O–H groups in total. The van der Waals surface area contributed by atoms with Gasteiger partial charge in [0.25, 0.3) is 0 Å². The first-order chi connectivity index (χ1) is 8.55. The number of allylic oxidation sites excluding steroid dienone is 3. The van der Waals surface area contributed by atoms with Crippen LogP contribution in [0.4, 0.5) is 13.2 Å². The number of nitrogens with one attached hydrogen (secondary N) is 2. The lowest BCUT2D eigenvalue weighted by Crippen LogP contribution is -2.41. The van der Waals surface area contributed by atoms with E-state index >= 15 is 0 Å². The van der Waals surface area contributed by atoms with Gasteiger partial charge in [0.15, 0.2) is 0 Å². The summed E-state index contributed by atoms with van der Waals surface area (Å²) in [6.45, 7) is 1.71. The van der Waals surface area contributed by atoms with Gasteiger partial charge in [-0.15, -0.1) is 0 Å². The van der Waals surface area contributed by atoms with Gasteiger partial charge in [-0.3, -0.25) is 0 Å². The van der Waals surface area contributed by atoms with Crippen molar-refractivity contribution >= 4 is 0 Å². The number of piperidine rings is 1. The predicted molar refractivity (Wildman–Crippen MR) is 65.1 cm³/mol. The molecule has 2 rings (SSSR count). The third-order valence-electron chi connectivity index (χ3n) is 3.44. The summed E-state index contributed by atoms with van der Waals surface area (Å²) < 4.78 is 37.7. The fourth-order valence-electron chi connectivity index (χ4n) is 2.39. The molecular weight excluding hydrogens is 241 g/mol. The van der Waals surface area contributed by atoms with Crippen LogP contribution >= 0.6 is 0 Å². The molecule has 0 spiro atoms. The monoisotopic (exact) mass is 260 g/mol. The van der Waals surface area contributed by atoms with Gasteiger partial charge in [0.2, 0.25) is 0 Å². The minimum absolute atomic E-state index is 0.0936. The van der Waals surface area contributed by atoms with Crippen LogP contribution in [0.25, 0.3) is 0 Å². The van der Waals surface area contributed by atoms with Gasteiger partial charge >= 0.3 is 6.18 Å². The predicted octanol–water partition coefficient (Wildman–Crippen LogP) is 2.88. The van der Waals surface area contributed by atoms with Gasteiger partial charge in [0.1, 0.15) is 0 Å². The van der Waals surface area contributed by atoms with Crippen molar-refractivity contribution in [1.82, 2.24) is 10.6 Å². The zero-order valence-corrected chi connectivity index (χ0v) is 10.3. The standard InChI is InChI=1S/C13H19F3N2/c14-13(15,16)10-4-3-6-11(8-10)18-9-12-5-1-2-7-17-12/h6,8,12,17-18H,1-5,7,9H2. The van der Waals surface area contributed by atoms with Crippen molar-refractivity contribution in [2.75, 3.05) is 13.1 Å². The quantitative estimate of drug-likeness (QED) is 0.815. The maximum absolute atomic E-state index is 12.6. The second-order valence-corrected chi connectivity index (χ2v) is 4.89. The van der Waals surface area contributed by atoms with Gasteiger partial charge in [0, 0.05) is 23.9 Å². The van der Waals surface area contributed by atoms with Crippen molar-refractivity contribution in [3.63, 3.8) is 0 Å². The molecule has 0 aromatic rings. The SMILES string of the molecule is FC(F)(F)C1=CC(NCC2CCCCN2)=CCC1. The highest BCUT2D eigenvalue weighted by Gasteiger charge is 2.33. The summed E-state index contributed by atoms with van der Waals surface area (Å²) in [7, 11) is 0. The molecule has 102 valence electrons. The molecule has 0 aromatic heterocycles. The number of hydrogen-bond donors (Lipinski definition) is 2. The Morgan fingerprint density at radius 3 is 2.83 bits per heavy atom. The van der Waals surface area contributed by atoms with Gasteiger partial charge in [-0.25, -0.2) is 0 Å². The summed E-state index contributed by atoms with van der Waals surface area (Å²) in [4.78, 5) is 0. The van der Waals surface area contributed by atoms with Crippen molar-refractivity contribution in [1.29, 1.82) is 0 Å². The molecule has 1 aliphatic heterocycles. The Hall–Kier alpha value is -0.970. The van der Waals surface area contributed by atoms with Gasteiger partial charge < -0.3 is 10.6 Å². The highest BCUT2D eigenvalue weighted by atomic mass is 19.4. The van der Waals surface area contributed by atoms with Crippen molar-refractivity contribution in [2.45, 2.75) is 44.3 Å². The van der Waals surface area contributed by atoms with E-state index in [4.69, 9.17) is 0 Å². The number of alkyl halides is 3. The van der Waals surface area contributed by atoms with E-state index in [1.807, 2.05) is 6.08 Å². The van der Waals surface area contributed by atoms with Crippen molar-refractivity contribution < 1.29 is 13.2 Å². The Bertz CT molecular complexity index is 339. The van der Waals surface area contributed by atoms with Gasteiger partial charge in [-0.05, 0) is 38.3 Å².